The van der Waals surface area contributed by atoms with Crippen molar-refractivity contribution in [3.63, 3.8) is 0 Å². The summed E-state index contributed by atoms with van der Waals surface area (Å²) in [6.45, 7) is 11.6. The molecular weight excluding hydrogens is 234 g/mol. The predicted molar refractivity (Wildman–Crippen MR) is 83.2 cm³/mol. The molecule has 0 saturated heterocycles. The summed E-state index contributed by atoms with van der Waals surface area (Å²) in [5.74, 6) is 1.06. The molecule has 1 aromatic rings. The van der Waals surface area contributed by atoms with Crippen LogP contribution in [0, 0.1) is 20.8 Å². The van der Waals surface area contributed by atoms with Crippen LogP contribution in [0.2, 0.25) is 0 Å². The third-order valence-electron chi connectivity index (χ3n) is 3.52. The number of benzene rings is 1. The summed E-state index contributed by atoms with van der Waals surface area (Å²) in [4.78, 5) is 0. The van der Waals surface area contributed by atoms with E-state index in [2.05, 4.69) is 45.1 Å². The number of ether oxygens (including phenoxy) is 1. The van der Waals surface area contributed by atoms with Gasteiger partial charge in [0.2, 0.25) is 0 Å². The summed E-state index contributed by atoms with van der Waals surface area (Å²) in [5, 5.41) is 3.35. The fourth-order valence-electron chi connectivity index (χ4n) is 2.22. The summed E-state index contributed by atoms with van der Waals surface area (Å²) < 4.78 is 5.91. The molecule has 0 bridgehead atoms. The first kappa shape index (κ1) is 16.0. The van der Waals surface area contributed by atoms with Crippen molar-refractivity contribution in [2.24, 2.45) is 0 Å². The zero-order chi connectivity index (χ0) is 14.1. The van der Waals surface area contributed by atoms with Gasteiger partial charge in [0, 0.05) is 0 Å². The van der Waals surface area contributed by atoms with Crippen LogP contribution in [0.4, 0.5) is 0 Å². The van der Waals surface area contributed by atoms with Crippen molar-refractivity contribution in [2.45, 2.75) is 53.4 Å². The molecule has 1 N–H and O–H groups in total. The lowest BCUT2D eigenvalue weighted by Crippen LogP contribution is -2.13. The molecule has 1 rings (SSSR count). The van der Waals surface area contributed by atoms with Gasteiger partial charge in [-0.2, -0.15) is 0 Å². The largest absolute Gasteiger partial charge is 0.493 e. The topological polar surface area (TPSA) is 21.3 Å². The van der Waals surface area contributed by atoms with E-state index in [4.69, 9.17) is 4.74 Å². The van der Waals surface area contributed by atoms with Crippen molar-refractivity contribution in [2.75, 3.05) is 19.7 Å². The molecule has 0 unspecified atom stereocenters. The molecule has 0 fully saturated rings. The molecule has 0 spiro atoms. The molecule has 0 aromatic heterocycles. The predicted octanol–water partition coefficient (Wildman–Crippen LogP) is 4.16. The third-order valence-corrected chi connectivity index (χ3v) is 3.52. The number of aryl methyl sites for hydroxylation is 2. The highest BCUT2D eigenvalue weighted by Crippen LogP contribution is 2.23. The summed E-state index contributed by atoms with van der Waals surface area (Å²) >= 11 is 0. The smallest absolute Gasteiger partial charge is 0.122 e. The minimum Gasteiger partial charge on any atom is -0.493 e. The molecule has 19 heavy (non-hydrogen) atoms. The number of unbranched alkanes of at least 4 members (excludes halogenated alkanes) is 3. The third kappa shape index (κ3) is 6.11. The zero-order valence-electron chi connectivity index (χ0n) is 13.0. The molecule has 2 nitrogen and oxygen atoms in total. The van der Waals surface area contributed by atoms with Crippen molar-refractivity contribution < 1.29 is 4.74 Å². The first-order valence-corrected chi connectivity index (χ1v) is 7.56. The highest BCUT2D eigenvalue weighted by atomic mass is 16.5. The molecule has 0 heterocycles. The summed E-state index contributed by atoms with van der Waals surface area (Å²) in [6, 6.07) is 4.36. The molecule has 108 valence electrons. The molecular formula is C17H29NO. The lowest BCUT2D eigenvalue weighted by molar-refractivity contribution is 0.302. The summed E-state index contributed by atoms with van der Waals surface area (Å²) in [7, 11) is 0. The van der Waals surface area contributed by atoms with Gasteiger partial charge < -0.3 is 10.1 Å². The van der Waals surface area contributed by atoms with Crippen molar-refractivity contribution in [3.8, 4) is 5.75 Å². The minimum absolute atomic E-state index is 0.838. The Kier molecular flexibility index (Phi) is 7.57. The van der Waals surface area contributed by atoms with Crippen LogP contribution in [-0.4, -0.2) is 19.7 Å². The van der Waals surface area contributed by atoms with Crippen LogP contribution >= 0.6 is 0 Å². The van der Waals surface area contributed by atoms with Gasteiger partial charge in [0.25, 0.3) is 0 Å². The molecule has 0 amide bonds. The van der Waals surface area contributed by atoms with E-state index in [0.717, 1.165) is 31.9 Å². The van der Waals surface area contributed by atoms with Crippen LogP contribution in [0.1, 0.15) is 49.3 Å². The Morgan fingerprint density at radius 1 is 1.00 bits per heavy atom. The average Bonchev–Trinajstić information content (AvgIpc) is 2.38. The van der Waals surface area contributed by atoms with E-state index in [9.17, 15) is 0 Å². The maximum absolute atomic E-state index is 5.91. The first-order chi connectivity index (χ1) is 9.15. The zero-order valence-corrected chi connectivity index (χ0v) is 13.0. The van der Waals surface area contributed by atoms with Crippen molar-refractivity contribution in [1.82, 2.24) is 5.32 Å². The minimum atomic E-state index is 0.838. The SMILES string of the molecule is CCNCCCCCCOc1cc(C)cc(C)c1C. The summed E-state index contributed by atoms with van der Waals surface area (Å²) in [6.07, 6.45) is 4.98. The van der Waals surface area contributed by atoms with Gasteiger partial charge in [-0.15, -0.1) is 0 Å². The maximum atomic E-state index is 5.91. The average molecular weight is 263 g/mol. The Labute approximate surface area is 118 Å². The van der Waals surface area contributed by atoms with E-state index >= 15 is 0 Å². The maximum Gasteiger partial charge on any atom is 0.122 e. The van der Waals surface area contributed by atoms with Gasteiger partial charge in [-0.05, 0) is 69.5 Å². The van der Waals surface area contributed by atoms with Crippen LogP contribution in [0.15, 0.2) is 12.1 Å². The summed E-state index contributed by atoms with van der Waals surface area (Å²) in [5.41, 5.74) is 3.88. The van der Waals surface area contributed by atoms with Crippen LogP contribution < -0.4 is 10.1 Å². The second-order valence-corrected chi connectivity index (χ2v) is 5.32. The lowest BCUT2D eigenvalue weighted by atomic mass is 10.1. The number of hydrogen-bond donors (Lipinski definition) is 1. The molecule has 0 aliphatic heterocycles. The number of nitrogens with one attached hydrogen (secondary N) is 1. The van der Waals surface area contributed by atoms with Crippen LogP contribution in [0.3, 0.4) is 0 Å². The molecule has 1 aromatic carbocycles. The van der Waals surface area contributed by atoms with Crippen LogP contribution in [0.5, 0.6) is 5.75 Å². The molecule has 0 aliphatic carbocycles. The van der Waals surface area contributed by atoms with E-state index in [1.807, 2.05) is 0 Å². The van der Waals surface area contributed by atoms with E-state index in [-0.39, 0.29) is 0 Å². The monoisotopic (exact) mass is 263 g/mol. The van der Waals surface area contributed by atoms with E-state index < -0.39 is 0 Å². The van der Waals surface area contributed by atoms with Gasteiger partial charge in [0.15, 0.2) is 0 Å². The van der Waals surface area contributed by atoms with E-state index in [1.54, 1.807) is 0 Å². The first-order valence-electron chi connectivity index (χ1n) is 7.56. The second-order valence-electron chi connectivity index (χ2n) is 5.32. The number of rotatable bonds is 9. The molecule has 0 saturated carbocycles. The Morgan fingerprint density at radius 3 is 2.47 bits per heavy atom. The standard InChI is InChI=1S/C17H29NO/c1-5-18-10-8-6-7-9-11-19-17-13-14(2)12-15(3)16(17)4/h12-13,18H,5-11H2,1-4H3. The van der Waals surface area contributed by atoms with Gasteiger partial charge in [-0.3, -0.25) is 0 Å². The second kappa shape index (κ2) is 8.98. The van der Waals surface area contributed by atoms with Gasteiger partial charge in [-0.1, -0.05) is 25.8 Å². The molecule has 0 radical (unpaired) electrons. The molecule has 2 heteroatoms. The van der Waals surface area contributed by atoms with Gasteiger partial charge in [0.05, 0.1) is 6.61 Å². The van der Waals surface area contributed by atoms with Gasteiger partial charge in [-0.25, -0.2) is 0 Å². The normalized spacial score (nSPS) is 10.7. The Balaban J connectivity index is 2.19. The Morgan fingerprint density at radius 2 is 1.74 bits per heavy atom. The molecule has 0 atom stereocenters. The van der Waals surface area contributed by atoms with Crippen LogP contribution in [0.25, 0.3) is 0 Å². The number of hydrogen-bond acceptors (Lipinski definition) is 2. The van der Waals surface area contributed by atoms with Crippen molar-refractivity contribution in [3.05, 3.63) is 28.8 Å². The molecule has 0 aliphatic rings. The van der Waals surface area contributed by atoms with Crippen molar-refractivity contribution >= 4 is 0 Å². The highest BCUT2D eigenvalue weighted by molar-refractivity contribution is 5.41. The van der Waals surface area contributed by atoms with Crippen molar-refractivity contribution in [1.29, 1.82) is 0 Å². The fraction of sp³-hybridized carbons (Fsp3) is 0.647. The quantitative estimate of drug-likeness (QED) is 0.675. The highest BCUT2D eigenvalue weighted by Gasteiger charge is 2.03. The van der Waals surface area contributed by atoms with Crippen LogP contribution in [-0.2, 0) is 0 Å². The van der Waals surface area contributed by atoms with E-state index in [0.29, 0.717) is 0 Å². The lowest BCUT2D eigenvalue weighted by Gasteiger charge is -2.12. The van der Waals surface area contributed by atoms with E-state index in [1.165, 1.54) is 36.0 Å². The van der Waals surface area contributed by atoms with Gasteiger partial charge >= 0.3 is 0 Å². The fourth-order valence-corrected chi connectivity index (χ4v) is 2.22. The Hall–Kier alpha value is -1.02. The van der Waals surface area contributed by atoms with Gasteiger partial charge in [0.1, 0.15) is 5.75 Å². The Bertz CT molecular complexity index is 374.